The summed E-state index contributed by atoms with van der Waals surface area (Å²) in [5.41, 5.74) is 12.9. The van der Waals surface area contributed by atoms with E-state index in [1.54, 1.807) is 30.2 Å². The minimum Gasteiger partial charge on any atom is -0.397 e. The van der Waals surface area contributed by atoms with Crippen molar-refractivity contribution >= 4 is 44.9 Å². The van der Waals surface area contributed by atoms with E-state index in [4.69, 9.17) is 15.5 Å². The Kier molecular flexibility index (Phi) is 5.35. The van der Waals surface area contributed by atoms with Crippen LogP contribution >= 0.6 is 23.1 Å². The zero-order chi connectivity index (χ0) is 21.4. The Bertz CT molecular complexity index is 1290. The third kappa shape index (κ3) is 3.67. The zero-order valence-corrected chi connectivity index (χ0v) is 18.5. The van der Waals surface area contributed by atoms with Crippen molar-refractivity contribution in [2.45, 2.75) is 10.8 Å². The first kappa shape index (κ1) is 20.0. The molecule has 0 radical (unpaired) electrons. The molecule has 5 rings (SSSR count). The van der Waals surface area contributed by atoms with Crippen molar-refractivity contribution < 1.29 is 14.5 Å². The van der Waals surface area contributed by atoms with Gasteiger partial charge in [-0.25, -0.2) is 9.97 Å². The molecule has 0 saturated heterocycles. The number of aromatic amines is 1. The average molecular weight is 450 g/mol. The second-order valence-electron chi connectivity index (χ2n) is 7.22. The molecule has 3 aromatic heterocycles. The molecule has 1 aromatic carbocycles. The predicted molar refractivity (Wildman–Crippen MR) is 125 cm³/mol. The maximum atomic E-state index is 11.9. The van der Waals surface area contributed by atoms with Gasteiger partial charge >= 0.3 is 5.91 Å². The molecule has 0 spiro atoms. The molecule has 156 valence electrons. The molecule has 0 unspecified atom stereocenters. The fourth-order valence-corrected chi connectivity index (χ4v) is 5.99. The summed E-state index contributed by atoms with van der Waals surface area (Å²) in [6, 6.07) is 14.3. The number of pyridine rings is 2. The maximum absolute atomic E-state index is 11.9. The van der Waals surface area contributed by atoms with Crippen LogP contribution in [-0.4, -0.2) is 30.4 Å². The number of aromatic nitrogens is 2. The average Bonchev–Trinajstić information content (AvgIpc) is 3.33. The number of nitrogens with zero attached hydrogens (tertiary/aromatic N) is 1. The zero-order valence-electron chi connectivity index (χ0n) is 16.9. The number of thiophene rings is 1. The van der Waals surface area contributed by atoms with Crippen LogP contribution in [0.4, 0.5) is 5.69 Å². The minimum absolute atomic E-state index is 0.0707. The summed E-state index contributed by atoms with van der Waals surface area (Å²) in [7, 11) is 1.70. The van der Waals surface area contributed by atoms with E-state index in [1.165, 1.54) is 0 Å². The maximum Gasteiger partial charge on any atom is 0.316 e. The summed E-state index contributed by atoms with van der Waals surface area (Å²) < 4.78 is 6.25. The predicted octanol–water partition coefficient (Wildman–Crippen LogP) is 4.01. The number of methoxy groups -OCH3 is 1. The molecule has 1 amide bonds. The van der Waals surface area contributed by atoms with Crippen LogP contribution in [0.1, 0.15) is 16.1 Å². The normalized spacial score (nSPS) is 12.9. The number of hydrogen-bond acceptors (Lipinski definition) is 6. The second kappa shape index (κ2) is 8.30. The van der Waals surface area contributed by atoms with Crippen LogP contribution in [0.15, 0.2) is 52.9 Å². The highest BCUT2D eigenvalue weighted by molar-refractivity contribution is 8.01. The highest BCUT2D eigenvalue weighted by Crippen LogP contribution is 2.45. The largest absolute Gasteiger partial charge is 0.397 e. The fourth-order valence-electron chi connectivity index (χ4n) is 3.73. The Labute approximate surface area is 187 Å². The molecule has 4 N–H and O–H groups in total. The van der Waals surface area contributed by atoms with Crippen molar-refractivity contribution in [2.24, 2.45) is 0 Å². The molecule has 1 aliphatic heterocycles. The molecule has 31 heavy (non-hydrogen) atoms. The van der Waals surface area contributed by atoms with Gasteiger partial charge in [0, 0.05) is 23.8 Å². The summed E-state index contributed by atoms with van der Waals surface area (Å²) in [4.78, 5) is 20.9. The summed E-state index contributed by atoms with van der Waals surface area (Å²) in [5, 5.41) is 3.84. The van der Waals surface area contributed by atoms with Crippen molar-refractivity contribution in [3.8, 4) is 22.4 Å². The summed E-state index contributed by atoms with van der Waals surface area (Å²) in [5.74, 6) is 0.765. The summed E-state index contributed by atoms with van der Waals surface area (Å²) >= 11 is 3.31. The number of rotatable bonds is 6. The lowest BCUT2D eigenvalue weighted by Gasteiger charge is -2.08. The quantitative estimate of drug-likeness (QED) is 0.343. The molecule has 0 bridgehead atoms. The monoisotopic (exact) mass is 449 g/mol. The third-order valence-corrected chi connectivity index (χ3v) is 7.61. The first-order chi connectivity index (χ1) is 15.2. The highest BCUT2D eigenvalue weighted by atomic mass is 32.2. The number of carbonyl (C=O) groups is 1. The minimum atomic E-state index is -0.0707. The van der Waals surface area contributed by atoms with Crippen LogP contribution in [0.2, 0.25) is 0 Å². The van der Waals surface area contributed by atoms with Gasteiger partial charge in [0.1, 0.15) is 4.83 Å². The van der Waals surface area contributed by atoms with Gasteiger partial charge in [0.25, 0.3) is 5.69 Å². The number of ether oxygens (including phenoxy) is 1. The van der Waals surface area contributed by atoms with Crippen molar-refractivity contribution in [3.63, 3.8) is 0 Å². The van der Waals surface area contributed by atoms with Gasteiger partial charge < -0.3 is 15.8 Å². The van der Waals surface area contributed by atoms with E-state index >= 15 is 0 Å². The van der Waals surface area contributed by atoms with Gasteiger partial charge in [-0.15, -0.1) is 23.1 Å². The number of thioether (sulfide) groups is 1. The molecule has 6 nitrogen and oxygen atoms in total. The van der Waals surface area contributed by atoms with E-state index in [2.05, 4.69) is 28.5 Å². The number of hydrogen-bond donors (Lipinski definition) is 2. The Hall–Kier alpha value is -2.94. The molecule has 4 heterocycles. The summed E-state index contributed by atoms with van der Waals surface area (Å²) in [6.45, 7) is 1.19. The molecule has 0 saturated carbocycles. The van der Waals surface area contributed by atoms with Crippen LogP contribution in [0.5, 0.6) is 0 Å². The number of nitrogens with one attached hydrogen (secondary N) is 2. The standard InChI is InChI=1S/C23H20N4O2S2/c1-29-7-8-30-23-19(24)18-16(13-5-3-2-4-6-13)10-17(27-22(18)31-23)14-9-15-12-26-21(28)20(15)25-11-14/h2-6,9-11H,7-8,12,24H2,1H3,(H,26,28)/p+1. The fraction of sp³-hybridized carbons (Fsp3) is 0.174. The molecule has 0 aliphatic carbocycles. The van der Waals surface area contributed by atoms with E-state index in [0.717, 1.165) is 53.8 Å². The van der Waals surface area contributed by atoms with Crippen LogP contribution in [0.3, 0.4) is 0 Å². The van der Waals surface area contributed by atoms with Crippen LogP contribution in [0.25, 0.3) is 32.6 Å². The molecule has 4 aromatic rings. The van der Waals surface area contributed by atoms with Gasteiger partial charge in [0.2, 0.25) is 0 Å². The Morgan fingerprint density at radius 3 is 2.90 bits per heavy atom. The van der Waals surface area contributed by atoms with Gasteiger partial charge in [-0.1, -0.05) is 30.3 Å². The Morgan fingerprint density at radius 1 is 1.26 bits per heavy atom. The van der Waals surface area contributed by atoms with Crippen LogP contribution < -0.4 is 16.0 Å². The van der Waals surface area contributed by atoms with Crippen molar-refractivity contribution in [1.29, 1.82) is 0 Å². The number of carbonyl (C=O) groups excluding carboxylic acids is 1. The smallest absolute Gasteiger partial charge is 0.316 e. The SMILES string of the molecule is COCCSc1sc2nc(-c3c[nH+]c4c(c3)CNC4=O)cc(-c3ccccc3)c2c1N. The number of benzene rings is 1. The van der Waals surface area contributed by atoms with Crippen molar-refractivity contribution in [3.05, 3.63) is 59.9 Å². The Morgan fingerprint density at radius 2 is 2.10 bits per heavy atom. The van der Waals surface area contributed by atoms with Crippen LogP contribution in [-0.2, 0) is 11.3 Å². The van der Waals surface area contributed by atoms with Crippen LogP contribution in [0, 0.1) is 0 Å². The van der Waals surface area contributed by atoms with E-state index in [9.17, 15) is 4.79 Å². The third-order valence-electron chi connectivity index (χ3n) is 5.26. The lowest BCUT2D eigenvalue weighted by molar-refractivity contribution is -0.381. The topological polar surface area (TPSA) is 91.4 Å². The number of anilines is 1. The number of nitrogen functional groups attached to an aromatic ring is 1. The number of nitrogens with two attached hydrogens (primary N) is 1. The van der Waals surface area contributed by atoms with E-state index in [0.29, 0.717) is 18.8 Å². The molecule has 0 fully saturated rings. The lowest BCUT2D eigenvalue weighted by atomic mass is 10.00. The second-order valence-corrected chi connectivity index (χ2v) is 9.58. The highest BCUT2D eigenvalue weighted by Gasteiger charge is 2.27. The number of H-pyrrole nitrogens is 1. The van der Waals surface area contributed by atoms with E-state index in [1.807, 2.05) is 30.5 Å². The van der Waals surface area contributed by atoms with Gasteiger partial charge in [0.05, 0.1) is 34.3 Å². The lowest BCUT2D eigenvalue weighted by Crippen LogP contribution is -2.20. The van der Waals surface area contributed by atoms with Gasteiger partial charge in [0.15, 0.2) is 6.20 Å². The molecule has 0 atom stereocenters. The van der Waals surface area contributed by atoms with Crippen molar-refractivity contribution in [2.75, 3.05) is 25.2 Å². The van der Waals surface area contributed by atoms with Crippen molar-refractivity contribution in [1.82, 2.24) is 10.3 Å². The first-order valence-corrected chi connectivity index (χ1v) is 11.7. The molecule has 8 heteroatoms. The summed E-state index contributed by atoms with van der Waals surface area (Å²) in [6.07, 6.45) is 1.85. The molecular formula is C23H21N4O2S2+. The van der Waals surface area contributed by atoms with E-state index in [-0.39, 0.29) is 5.91 Å². The molecular weight excluding hydrogens is 428 g/mol. The Balaban J connectivity index is 1.67. The first-order valence-electron chi connectivity index (χ1n) is 9.89. The number of amides is 1. The van der Waals surface area contributed by atoms with E-state index < -0.39 is 0 Å². The number of fused-ring (bicyclic) bond motifs is 2. The van der Waals surface area contributed by atoms with Gasteiger partial charge in [-0.05, 0) is 23.3 Å². The molecule has 1 aliphatic rings. The van der Waals surface area contributed by atoms with Gasteiger partial charge in [-0.3, -0.25) is 4.79 Å². The van der Waals surface area contributed by atoms with Gasteiger partial charge in [-0.2, -0.15) is 0 Å².